The molecule has 0 aromatic heterocycles. The number of carbonyl (C=O) groups is 2. The van der Waals surface area contributed by atoms with Crippen LogP contribution in [0.15, 0.2) is 24.3 Å². The van der Waals surface area contributed by atoms with E-state index < -0.39 is 0 Å². The highest BCUT2D eigenvalue weighted by molar-refractivity contribution is 5.81. The first-order valence-corrected chi connectivity index (χ1v) is 10.2. The van der Waals surface area contributed by atoms with Gasteiger partial charge in [0.05, 0.1) is 0 Å². The van der Waals surface area contributed by atoms with Gasteiger partial charge in [0.15, 0.2) is 0 Å². The van der Waals surface area contributed by atoms with E-state index in [0.29, 0.717) is 5.92 Å². The number of benzene rings is 1. The van der Waals surface area contributed by atoms with E-state index >= 15 is 0 Å². The van der Waals surface area contributed by atoms with Gasteiger partial charge in [0.1, 0.15) is 0 Å². The Hall–Kier alpha value is -1.84. The molecular weight excluding hydrogens is 324 g/mol. The molecule has 2 amide bonds. The largest absolute Gasteiger partial charge is 0.356 e. The molecule has 2 aliphatic rings. The minimum atomic E-state index is 0.0910. The summed E-state index contributed by atoms with van der Waals surface area (Å²) in [6.45, 7) is 6.67. The molecule has 1 saturated carbocycles. The monoisotopic (exact) mass is 356 g/mol. The van der Waals surface area contributed by atoms with E-state index in [9.17, 15) is 9.59 Å². The molecule has 4 nitrogen and oxygen atoms in total. The highest BCUT2D eigenvalue weighted by Crippen LogP contribution is 2.31. The second kappa shape index (κ2) is 8.70. The summed E-state index contributed by atoms with van der Waals surface area (Å²) in [4.78, 5) is 27.2. The molecule has 0 bridgehead atoms. The van der Waals surface area contributed by atoms with E-state index in [-0.39, 0.29) is 23.7 Å². The highest BCUT2D eigenvalue weighted by Gasteiger charge is 2.33. The van der Waals surface area contributed by atoms with Gasteiger partial charge in [-0.1, -0.05) is 38.1 Å². The summed E-state index contributed by atoms with van der Waals surface area (Å²) in [7, 11) is 0. The lowest BCUT2D eigenvalue weighted by Crippen LogP contribution is -2.42. The number of carbonyl (C=O) groups excluding carboxylic acids is 2. The second-order valence-corrected chi connectivity index (χ2v) is 8.30. The molecule has 1 aromatic carbocycles. The first kappa shape index (κ1) is 18.9. The van der Waals surface area contributed by atoms with Gasteiger partial charge in [0.2, 0.25) is 11.8 Å². The molecular formula is C22H32N2O2. The van der Waals surface area contributed by atoms with Crippen molar-refractivity contribution in [1.29, 1.82) is 0 Å². The Morgan fingerprint density at radius 3 is 2.42 bits per heavy atom. The summed E-state index contributed by atoms with van der Waals surface area (Å²) >= 11 is 0. The molecule has 1 N–H and O–H groups in total. The zero-order valence-corrected chi connectivity index (χ0v) is 16.2. The Balaban J connectivity index is 1.46. The van der Waals surface area contributed by atoms with Crippen LogP contribution in [0.25, 0.3) is 0 Å². The van der Waals surface area contributed by atoms with Crippen LogP contribution >= 0.6 is 0 Å². The van der Waals surface area contributed by atoms with Crippen molar-refractivity contribution >= 4 is 11.8 Å². The topological polar surface area (TPSA) is 49.4 Å². The summed E-state index contributed by atoms with van der Waals surface area (Å²) in [6.07, 6.45) is 5.35. The zero-order valence-electron chi connectivity index (χ0n) is 16.2. The fraction of sp³-hybridized carbons (Fsp3) is 0.636. The Bertz CT molecular complexity index is 633. The van der Waals surface area contributed by atoms with Gasteiger partial charge in [-0.05, 0) is 55.6 Å². The average molecular weight is 357 g/mol. The minimum Gasteiger partial charge on any atom is -0.356 e. The van der Waals surface area contributed by atoms with Gasteiger partial charge in [-0.3, -0.25) is 9.59 Å². The predicted octanol–water partition coefficient (Wildman–Crippen LogP) is 3.54. The van der Waals surface area contributed by atoms with Crippen LogP contribution in [0.5, 0.6) is 0 Å². The number of amides is 2. The number of hydrogen-bond acceptors (Lipinski definition) is 2. The summed E-state index contributed by atoms with van der Waals surface area (Å²) in [6, 6.07) is 8.42. The molecule has 0 saturated heterocycles. The van der Waals surface area contributed by atoms with E-state index in [1.807, 2.05) is 4.90 Å². The van der Waals surface area contributed by atoms with Crippen LogP contribution in [0.4, 0.5) is 0 Å². The van der Waals surface area contributed by atoms with Crippen LogP contribution in [0.3, 0.4) is 0 Å². The molecule has 1 aromatic rings. The summed E-state index contributed by atoms with van der Waals surface area (Å²) in [5.74, 6) is 1.27. The molecule has 0 unspecified atom stereocenters. The van der Waals surface area contributed by atoms with Crippen LogP contribution in [-0.2, 0) is 22.6 Å². The van der Waals surface area contributed by atoms with Gasteiger partial charge < -0.3 is 10.2 Å². The van der Waals surface area contributed by atoms with Gasteiger partial charge in [-0.2, -0.15) is 0 Å². The van der Waals surface area contributed by atoms with Gasteiger partial charge in [0.25, 0.3) is 0 Å². The van der Waals surface area contributed by atoms with Crippen molar-refractivity contribution in [1.82, 2.24) is 10.2 Å². The molecule has 0 atom stereocenters. The van der Waals surface area contributed by atoms with E-state index in [4.69, 9.17) is 0 Å². The molecule has 1 aliphatic carbocycles. The maximum absolute atomic E-state index is 12.9. The predicted molar refractivity (Wildman–Crippen MR) is 103 cm³/mol. The Labute approximate surface area is 157 Å². The van der Waals surface area contributed by atoms with Gasteiger partial charge >= 0.3 is 0 Å². The Morgan fingerprint density at radius 2 is 1.73 bits per heavy atom. The normalized spacial score (nSPS) is 22.8. The lowest BCUT2D eigenvalue weighted by molar-refractivity contribution is -0.139. The van der Waals surface area contributed by atoms with Crippen molar-refractivity contribution in [3.05, 3.63) is 35.4 Å². The van der Waals surface area contributed by atoms with Crippen molar-refractivity contribution in [2.45, 2.75) is 58.9 Å². The number of nitrogens with one attached hydrogen (secondary N) is 1. The van der Waals surface area contributed by atoms with Gasteiger partial charge in [-0.15, -0.1) is 0 Å². The van der Waals surface area contributed by atoms with Crippen molar-refractivity contribution in [2.24, 2.45) is 17.8 Å². The van der Waals surface area contributed by atoms with Gasteiger partial charge in [0, 0.05) is 31.5 Å². The number of fused-ring (bicyclic) bond motifs is 1. The van der Waals surface area contributed by atoms with Crippen LogP contribution in [0.1, 0.15) is 57.1 Å². The van der Waals surface area contributed by atoms with Crippen molar-refractivity contribution in [3.63, 3.8) is 0 Å². The minimum absolute atomic E-state index is 0.0910. The van der Waals surface area contributed by atoms with Crippen molar-refractivity contribution in [3.8, 4) is 0 Å². The van der Waals surface area contributed by atoms with Crippen molar-refractivity contribution in [2.75, 3.05) is 13.1 Å². The van der Waals surface area contributed by atoms with E-state index in [1.165, 1.54) is 11.1 Å². The molecule has 1 fully saturated rings. The van der Waals surface area contributed by atoms with Crippen LogP contribution in [0.2, 0.25) is 0 Å². The average Bonchev–Trinajstić information content (AvgIpc) is 2.66. The molecule has 1 aliphatic heterocycles. The Kier molecular flexibility index (Phi) is 6.33. The van der Waals surface area contributed by atoms with Crippen LogP contribution in [-0.4, -0.2) is 29.8 Å². The van der Waals surface area contributed by atoms with Crippen molar-refractivity contribution < 1.29 is 9.59 Å². The van der Waals surface area contributed by atoms with E-state index in [0.717, 1.165) is 58.2 Å². The van der Waals surface area contributed by atoms with Crippen LogP contribution in [0, 0.1) is 17.8 Å². The standard InChI is InChI=1S/C22H32N2O2/c1-16(2)11-13-23-21(25)18-7-9-19(10-8-18)22(26)24-14-12-17-5-3-4-6-20(17)15-24/h3-6,16,18-19H,7-15H2,1-2H3,(H,23,25). The first-order chi connectivity index (χ1) is 12.5. The maximum Gasteiger partial charge on any atom is 0.225 e. The third kappa shape index (κ3) is 4.66. The summed E-state index contributed by atoms with van der Waals surface area (Å²) < 4.78 is 0. The smallest absolute Gasteiger partial charge is 0.225 e. The Morgan fingerprint density at radius 1 is 1.08 bits per heavy atom. The number of hydrogen-bond donors (Lipinski definition) is 1. The molecule has 26 heavy (non-hydrogen) atoms. The highest BCUT2D eigenvalue weighted by atomic mass is 16.2. The molecule has 4 heteroatoms. The van der Waals surface area contributed by atoms with Gasteiger partial charge in [-0.25, -0.2) is 0 Å². The molecule has 0 spiro atoms. The summed E-state index contributed by atoms with van der Waals surface area (Å²) in [5.41, 5.74) is 2.66. The maximum atomic E-state index is 12.9. The number of nitrogens with zero attached hydrogens (tertiary/aromatic N) is 1. The zero-order chi connectivity index (χ0) is 18.5. The quantitative estimate of drug-likeness (QED) is 0.877. The third-order valence-electron chi connectivity index (χ3n) is 5.91. The third-order valence-corrected chi connectivity index (χ3v) is 5.91. The first-order valence-electron chi connectivity index (χ1n) is 10.2. The SMILES string of the molecule is CC(C)CCNC(=O)C1CCC(C(=O)N2CCc3ccccc3C2)CC1. The molecule has 142 valence electrons. The molecule has 3 rings (SSSR count). The lowest BCUT2D eigenvalue weighted by atomic mass is 9.80. The number of rotatable bonds is 5. The van der Waals surface area contributed by atoms with Crippen LogP contribution < -0.4 is 5.32 Å². The van der Waals surface area contributed by atoms with E-state index in [2.05, 4.69) is 43.4 Å². The fourth-order valence-corrected chi connectivity index (χ4v) is 4.17. The molecule has 0 radical (unpaired) electrons. The van der Waals surface area contributed by atoms with E-state index in [1.54, 1.807) is 0 Å². The summed E-state index contributed by atoms with van der Waals surface area (Å²) in [5, 5.41) is 3.07. The molecule has 1 heterocycles. The second-order valence-electron chi connectivity index (χ2n) is 8.30. The lowest BCUT2D eigenvalue weighted by Gasteiger charge is -2.34. The fourth-order valence-electron chi connectivity index (χ4n) is 4.17.